The molecule has 2 rings (SSSR count). The summed E-state index contributed by atoms with van der Waals surface area (Å²) in [5.41, 5.74) is 0. The van der Waals surface area contributed by atoms with E-state index in [1.807, 2.05) is 0 Å². The zero-order valence-electron chi connectivity index (χ0n) is 11.6. The molecule has 0 aromatic carbocycles. The van der Waals surface area contributed by atoms with Gasteiger partial charge in [0, 0.05) is 20.1 Å². The molecule has 5 nitrogen and oxygen atoms in total. The lowest BCUT2D eigenvalue weighted by Gasteiger charge is -2.20. The highest BCUT2D eigenvalue weighted by Gasteiger charge is 2.15. The molecule has 1 aromatic heterocycles. The van der Waals surface area contributed by atoms with E-state index in [1.165, 1.54) is 25.9 Å². The highest BCUT2D eigenvalue weighted by Crippen LogP contribution is 2.19. The minimum Gasteiger partial charge on any atom is -0.368 e. The van der Waals surface area contributed by atoms with Crippen molar-refractivity contribution in [3.63, 3.8) is 0 Å². The van der Waals surface area contributed by atoms with E-state index in [-0.39, 0.29) is 0 Å². The van der Waals surface area contributed by atoms with Crippen molar-refractivity contribution < 1.29 is 0 Å². The summed E-state index contributed by atoms with van der Waals surface area (Å²) in [6.45, 7) is 6.73. The molecular weight excluding hydrogens is 262 g/mol. The highest BCUT2D eigenvalue weighted by atomic mass is 35.5. The van der Waals surface area contributed by atoms with Crippen LogP contribution in [-0.4, -0.2) is 48.1 Å². The molecule has 1 fully saturated rings. The van der Waals surface area contributed by atoms with Crippen molar-refractivity contribution in [3.05, 3.63) is 11.2 Å². The van der Waals surface area contributed by atoms with Crippen molar-refractivity contribution in [2.45, 2.75) is 19.8 Å². The predicted molar refractivity (Wildman–Crippen MR) is 79.9 cm³/mol. The summed E-state index contributed by atoms with van der Waals surface area (Å²) < 4.78 is 0. The second-order valence-corrected chi connectivity index (χ2v) is 5.54. The summed E-state index contributed by atoms with van der Waals surface area (Å²) in [6.07, 6.45) is 4.29. The van der Waals surface area contributed by atoms with Crippen LogP contribution in [0.5, 0.6) is 0 Å². The Morgan fingerprint density at radius 2 is 2.16 bits per heavy atom. The molecule has 1 saturated heterocycles. The van der Waals surface area contributed by atoms with Gasteiger partial charge in [-0.3, -0.25) is 0 Å². The van der Waals surface area contributed by atoms with Gasteiger partial charge in [0.25, 0.3) is 0 Å². The number of hydrogen-bond donors (Lipinski definition) is 2. The van der Waals surface area contributed by atoms with E-state index >= 15 is 0 Å². The molecular formula is C13H22ClN5. The molecule has 0 aliphatic carbocycles. The van der Waals surface area contributed by atoms with Gasteiger partial charge in [-0.1, -0.05) is 18.5 Å². The minimum atomic E-state index is 0.562. The molecule has 1 unspecified atom stereocenters. The SMILES string of the molecule is CNc1ncc(Cl)c(NCC(C)CN2CCCC2)n1. The molecule has 2 N–H and O–H groups in total. The third-order valence-electron chi connectivity index (χ3n) is 3.35. The van der Waals surface area contributed by atoms with Gasteiger partial charge in [-0.15, -0.1) is 0 Å². The van der Waals surface area contributed by atoms with Crippen molar-refractivity contribution in [1.29, 1.82) is 0 Å². The van der Waals surface area contributed by atoms with Crippen LogP contribution in [0.1, 0.15) is 19.8 Å². The predicted octanol–water partition coefficient (Wildman–Crippen LogP) is 2.32. The van der Waals surface area contributed by atoms with E-state index < -0.39 is 0 Å². The van der Waals surface area contributed by atoms with Gasteiger partial charge >= 0.3 is 0 Å². The van der Waals surface area contributed by atoms with Crippen molar-refractivity contribution in [2.75, 3.05) is 43.9 Å². The normalized spacial score (nSPS) is 17.4. The van der Waals surface area contributed by atoms with Crippen LogP contribution in [0, 0.1) is 5.92 Å². The first kappa shape index (κ1) is 14.3. The molecule has 0 amide bonds. The topological polar surface area (TPSA) is 53.1 Å². The Morgan fingerprint density at radius 3 is 2.84 bits per heavy atom. The standard InChI is InChI=1S/C13H22ClN5/c1-10(9-19-5-3-4-6-19)7-16-12-11(14)8-17-13(15-2)18-12/h8,10H,3-7,9H2,1-2H3,(H2,15,16,17,18). The van der Waals surface area contributed by atoms with Crippen LogP contribution in [0.2, 0.25) is 5.02 Å². The van der Waals surface area contributed by atoms with Gasteiger partial charge in [-0.2, -0.15) is 4.98 Å². The van der Waals surface area contributed by atoms with Crippen molar-refractivity contribution in [3.8, 4) is 0 Å². The molecule has 1 aromatic rings. The summed E-state index contributed by atoms with van der Waals surface area (Å²) in [7, 11) is 1.79. The molecule has 0 bridgehead atoms. The van der Waals surface area contributed by atoms with Crippen molar-refractivity contribution >= 4 is 23.4 Å². The maximum absolute atomic E-state index is 6.08. The molecule has 6 heteroatoms. The first-order valence-electron chi connectivity index (χ1n) is 6.85. The van der Waals surface area contributed by atoms with Crippen LogP contribution in [0.25, 0.3) is 0 Å². The number of anilines is 2. The highest BCUT2D eigenvalue weighted by molar-refractivity contribution is 6.32. The van der Waals surface area contributed by atoms with Gasteiger partial charge in [0.05, 0.1) is 6.20 Å². The fourth-order valence-corrected chi connectivity index (χ4v) is 2.51. The quantitative estimate of drug-likeness (QED) is 0.839. The Labute approximate surface area is 119 Å². The van der Waals surface area contributed by atoms with Crippen LogP contribution in [0.3, 0.4) is 0 Å². The van der Waals surface area contributed by atoms with Gasteiger partial charge in [-0.05, 0) is 31.8 Å². The summed E-state index contributed by atoms with van der Waals surface area (Å²) in [6, 6.07) is 0. The number of halogens is 1. The van der Waals surface area contributed by atoms with E-state index in [1.54, 1.807) is 13.2 Å². The zero-order chi connectivity index (χ0) is 13.7. The van der Waals surface area contributed by atoms with E-state index in [9.17, 15) is 0 Å². The van der Waals surface area contributed by atoms with E-state index in [2.05, 4.69) is 32.4 Å². The van der Waals surface area contributed by atoms with Gasteiger partial charge in [0.15, 0.2) is 0 Å². The van der Waals surface area contributed by atoms with E-state index in [0.717, 1.165) is 13.1 Å². The third kappa shape index (κ3) is 4.21. The lowest BCUT2D eigenvalue weighted by Crippen LogP contribution is -2.29. The van der Waals surface area contributed by atoms with Crippen molar-refractivity contribution in [1.82, 2.24) is 14.9 Å². The maximum Gasteiger partial charge on any atom is 0.224 e. The molecule has 0 saturated carbocycles. The van der Waals surface area contributed by atoms with Crippen LogP contribution < -0.4 is 10.6 Å². The molecule has 1 aliphatic heterocycles. The van der Waals surface area contributed by atoms with Crippen LogP contribution in [0.15, 0.2) is 6.20 Å². The fraction of sp³-hybridized carbons (Fsp3) is 0.692. The van der Waals surface area contributed by atoms with Crippen LogP contribution in [-0.2, 0) is 0 Å². The monoisotopic (exact) mass is 283 g/mol. The average molecular weight is 284 g/mol. The second-order valence-electron chi connectivity index (χ2n) is 5.13. The number of likely N-dealkylation sites (tertiary alicyclic amines) is 1. The van der Waals surface area contributed by atoms with Crippen molar-refractivity contribution in [2.24, 2.45) is 5.92 Å². The fourth-order valence-electron chi connectivity index (χ4n) is 2.35. The molecule has 2 heterocycles. The van der Waals surface area contributed by atoms with Gasteiger partial charge in [-0.25, -0.2) is 4.98 Å². The molecule has 0 radical (unpaired) electrons. The largest absolute Gasteiger partial charge is 0.368 e. The molecule has 0 spiro atoms. The van der Waals surface area contributed by atoms with Gasteiger partial charge < -0.3 is 15.5 Å². The summed E-state index contributed by atoms with van der Waals surface area (Å²) in [4.78, 5) is 10.9. The third-order valence-corrected chi connectivity index (χ3v) is 3.63. The number of hydrogen-bond acceptors (Lipinski definition) is 5. The number of nitrogens with zero attached hydrogens (tertiary/aromatic N) is 3. The summed E-state index contributed by atoms with van der Waals surface area (Å²) in [5, 5.41) is 6.79. The number of aromatic nitrogens is 2. The van der Waals surface area contributed by atoms with E-state index in [0.29, 0.717) is 22.7 Å². The number of rotatable bonds is 6. The first-order chi connectivity index (χ1) is 9.19. The van der Waals surface area contributed by atoms with Gasteiger partial charge in [0.1, 0.15) is 10.8 Å². The Balaban J connectivity index is 1.83. The van der Waals surface area contributed by atoms with Crippen LogP contribution in [0.4, 0.5) is 11.8 Å². The Bertz CT molecular complexity index is 406. The number of nitrogens with one attached hydrogen (secondary N) is 2. The lowest BCUT2D eigenvalue weighted by molar-refractivity contribution is 0.294. The zero-order valence-corrected chi connectivity index (χ0v) is 12.4. The molecule has 19 heavy (non-hydrogen) atoms. The summed E-state index contributed by atoms with van der Waals surface area (Å²) >= 11 is 6.08. The Kier molecular flexibility index (Phi) is 5.22. The smallest absolute Gasteiger partial charge is 0.224 e. The summed E-state index contributed by atoms with van der Waals surface area (Å²) in [5.74, 6) is 1.86. The lowest BCUT2D eigenvalue weighted by atomic mass is 10.1. The minimum absolute atomic E-state index is 0.562. The van der Waals surface area contributed by atoms with Gasteiger partial charge in [0.2, 0.25) is 5.95 Å². The maximum atomic E-state index is 6.08. The molecule has 1 atom stereocenters. The second kappa shape index (κ2) is 6.91. The first-order valence-corrected chi connectivity index (χ1v) is 7.23. The molecule has 1 aliphatic rings. The average Bonchev–Trinajstić information content (AvgIpc) is 2.90. The Morgan fingerprint density at radius 1 is 1.42 bits per heavy atom. The van der Waals surface area contributed by atoms with E-state index in [4.69, 9.17) is 11.6 Å². The van der Waals surface area contributed by atoms with Crippen LogP contribution >= 0.6 is 11.6 Å². The Hall–Kier alpha value is -1.07. The molecule has 106 valence electrons.